The van der Waals surface area contributed by atoms with Gasteiger partial charge in [0.15, 0.2) is 5.72 Å². The number of ether oxygens (including phenoxy) is 2. The van der Waals surface area contributed by atoms with Crippen molar-refractivity contribution < 1.29 is 38.6 Å². The molecule has 0 aliphatic rings. The molecular formula is C17H19NO8. The van der Waals surface area contributed by atoms with Crippen molar-refractivity contribution in [2.24, 2.45) is 0 Å². The van der Waals surface area contributed by atoms with Crippen LogP contribution in [-0.2, 0) is 33.5 Å². The van der Waals surface area contributed by atoms with Gasteiger partial charge in [-0.15, -0.1) is 12.1 Å². The van der Waals surface area contributed by atoms with E-state index in [1.54, 1.807) is 30.3 Å². The molecule has 0 radical (unpaired) electrons. The molecule has 1 aromatic carbocycles. The van der Waals surface area contributed by atoms with E-state index >= 15 is 0 Å². The fourth-order valence-electron chi connectivity index (χ4n) is 1.76. The van der Waals surface area contributed by atoms with Crippen LogP contribution in [0.3, 0.4) is 0 Å². The summed E-state index contributed by atoms with van der Waals surface area (Å²) in [6, 6.07) is 8.74. The van der Waals surface area contributed by atoms with Gasteiger partial charge in [0, 0.05) is 6.42 Å². The Labute approximate surface area is 149 Å². The van der Waals surface area contributed by atoms with E-state index in [9.17, 15) is 19.2 Å². The lowest BCUT2D eigenvalue weighted by Crippen LogP contribution is -2.47. The molecule has 0 spiro atoms. The van der Waals surface area contributed by atoms with Gasteiger partial charge in [0.05, 0.1) is 0 Å². The van der Waals surface area contributed by atoms with Gasteiger partial charge in [0.25, 0.3) is 0 Å². The third kappa shape index (κ3) is 6.73. The molecule has 140 valence electrons. The highest BCUT2D eigenvalue weighted by Gasteiger charge is 2.31. The number of carboxylic acids is 1. The van der Waals surface area contributed by atoms with E-state index < -0.39 is 35.7 Å². The first-order chi connectivity index (χ1) is 12.2. The minimum absolute atomic E-state index is 0.279. The van der Waals surface area contributed by atoms with E-state index in [4.69, 9.17) is 14.6 Å². The predicted molar refractivity (Wildman–Crippen MR) is 87.1 cm³/mol. The number of aliphatic carboxylic acids is 1. The molecule has 1 atom stereocenters. The van der Waals surface area contributed by atoms with Gasteiger partial charge >= 0.3 is 23.9 Å². The Morgan fingerprint density at radius 3 is 2.31 bits per heavy atom. The number of nitrogens with one attached hydrogen (secondary N) is 1. The average molecular weight is 365 g/mol. The minimum atomic E-state index is -1.84. The molecule has 0 amide bonds. The summed E-state index contributed by atoms with van der Waals surface area (Å²) in [4.78, 5) is 49.3. The molecule has 1 unspecified atom stereocenters. The Balaban J connectivity index is 2.67. The largest absolute Gasteiger partial charge is 0.473 e. The quantitative estimate of drug-likeness (QED) is 0.183. The molecule has 0 aromatic heterocycles. The first-order valence-corrected chi connectivity index (χ1v) is 7.47. The summed E-state index contributed by atoms with van der Waals surface area (Å²) in [5.74, 6) is -6.06. The van der Waals surface area contributed by atoms with Gasteiger partial charge < -0.3 is 19.4 Å². The lowest BCUT2D eigenvalue weighted by Gasteiger charge is -2.24. The monoisotopic (exact) mass is 365 g/mol. The Morgan fingerprint density at radius 1 is 1.15 bits per heavy atom. The highest BCUT2D eigenvalue weighted by Crippen LogP contribution is 2.22. The van der Waals surface area contributed by atoms with Crippen molar-refractivity contribution in [1.82, 2.24) is 5.48 Å². The van der Waals surface area contributed by atoms with Crippen molar-refractivity contribution in [3.8, 4) is 0 Å². The zero-order valence-corrected chi connectivity index (χ0v) is 14.3. The van der Waals surface area contributed by atoms with Crippen LogP contribution in [0.25, 0.3) is 0 Å². The van der Waals surface area contributed by atoms with Crippen LogP contribution in [0.2, 0.25) is 0 Å². The molecule has 9 heteroatoms. The molecule has 0 aliphatic heterocycles. The molecule has 0 saturated carbocycles. The Bertz CT molecular complexity index is 683. The molecule has 0 fully saturated rings. The van der Waals surface area contributed by atoms with Crippen molar-refractivity contribution in [1.29, 1.82) is 0 Å². The summed E-state index contributed by atoms with van der Waals surface area (Å²) in [5.41, 5.74) is 0.942. The molecule has 0 bridgehead atoms. The van der Waals surface area contributed by atoms with Crippen molar-refractivity contribution in [3.05, 3.63) is 48.6 Å². The number of hydroxylamine groups is 1. The second kappa shape index (κ2) is 9.33. The van der Waals surface area contributed by atoms with E-state index in [1.165, 1.54) is 19.9 Å². The normalized spacial score (nSPS) is 11.8. The SMILES string of the molecule is C=CCC(OC(=O)C(=O)OC(C)(C)NOC(=O)C(=O)O)c1ccccc1. The van der Waals surface area contributed by atoms with Crippen LogP contribution in [0.4, 0.5) is 0 Å². The molecule has 2 N–H and O–H groups in total. The third-order valence-electron chi connectivity index (χ3n) is 2.88. The Hall–Kier alpha value is -3.20. The molecule has 26 heavy (non-hydrogen) atoms. The smallest absolute Gasteiger partial charge is 0.436 e. The van der Waals surface area contributed by atoms with Gasteiger partial charge in [0.2, 0.25) is 0 Å². The lowest BCUT2D eigenvalue weighted by atomic mass is 10.1. The second-order valence-electron chi connectivity index (χ2n) is 5.53. The zero-order chi connectivity index (χ0) is 19.7. The number of carboxylic acid groups (broad SMARTS) is 1. The van der Waals surface area contributed by atoms with E-state index in [0.29, 0.717) is 5.56 Å². The average Bonchev–Trinajstić information content (AvgIpc) is 2.59. The first kappa shape index (κ1) is 20.8. The number of hydrogen-bond donors (Lipinski definition) is 2. The standard InChI is InChI=1S/C17H19NO8/c1-4-8-12(11-9-6-5-7-10-11)24-15(22)16(23)25-17(2,3)18-26-14(21)13(19)20/h4-7,9-10,12,18H,1,8H2,2-3H3,(H,19,20). The molecule has 0 aliphatic carbocycles. The van der Waals surface area contributed by atoms with Gasteiger partial charge in [-0.2, -0.15) is 0 Å². The maximum atomic E-state index is 12.0. The van der Waals surface area contributed by atoms with E-state index in [-0.39, 0.29) is 6.42 Å². The zero-order valence-electron chi connectivity index (χ0n) is 14.3. The summed E-state index contributed by atoms with van der Waals surface area (Å²) in [6.45, 7) is 6.06. The lowest BCUT2D eigenvalue weighted by molar-refractivity contribution is -0.197. The maximum absolute atomic E-state index is 12.0. The van der Waals surface area contributed by atoms with Crippen LogP contribution < -0.4 is 5.48 Å². The van der Waals surface area contributed by atoms with Crippen LogP contribution in [0.15, 0.2) is 43.0 Å². The van der Waals surface area contributed by atoms with Crippen LogP contribution in [0, 0.1) is 0 Å². The van der Waals surface area contributed by atoms with Crippen molar-refractivity contribution >= 4 is 23.9 Å². The van der Waals surface area contributed by atoms with Crippen LogP contribution >= 0.6 is 0 Å². The van der Waals surface area contributed by atoms with Gasteiger partial charge in [0.1, 0.15) is 6.10 Å². The first-order valence-electron chi connectivity index (χ1n) is 7.47. The predicted octanol–water partition coefficient (Wildman–Crippen LogP) is 1.26. The summed E-state index contributed by atoms with van der Waals surface area (Å²) in [6.07, 6.45) is 1.09. The molecular weight excluding hydrogens is 346 g/mol. The number of hydrogen-bond acceptors (Lipinski definition) is 8. The number of esters is 2. The summed E-state index contributed by atoms with van der Waals surface area (Å²) in [5, 5.41) is 8.40. The molecule has 1 rings (SSSR count). The number of carbonyl (C=O) groups is 4. The highest BCUT2D eigenvalue weighted by molar-refractivity contribution is 6.30. The summed E-state index contributed by atoms with van der Waals surface area (Å²) in [7, 11) is 0. The number of carbonyl (C=O) groups excluding carboxylic acids is 3. The fourth-order valence-corrected chi connectivity index (χ4v) is 1.76. The summed E-state index contributed by atoms with van der Waals surface area (Å²) < 4.78 is 9.96. The van der Waals surface area contributed by atoms with Gasteiger partial charge in [-0.25, -0.2) is 19.2 Å². The van der Waals surface area contributed by atoms with Crippen molar-refractivity contribution in [2.45, 2.75) is 32.1 Å². The molecule has 9 nitrogen and oxygen atoms in total. The second-order valence-corrected chi connectivity index (χ2v) is 5.53. The van der Waals surface area contributed by atoms with E-state index in [2.05, 4.69) is 11.4 Å². The minimum Gasteiger partial charge on any atom is -0.473 e. The maximum Gasteiger partial charge on any atom is 0.436 e. The third-order valence-corrected chi connectivity index (χ3v) is 2.88. The van der Waals surface area contributed by atoms with Crippen molar-refractivity contribution in [3.63, 3.8) is 0 Å². The number of rotatable bonds is 7. The topological polar surface area (TPSA) is 128 Å². The number of benzene rings is 1. The van der Waals surface area contributed by atoms with Crippen LogP contribution in [0.5, 0.6) is 0 Å². The summed E-state index contributed by atoms with van der Waals surface area (Å²) >= 11 is 0. The van der Waals surface area contributed by atoms with Crippen LogP contribution in [-0.4, -0.2) is 34.7 Å². The molecule has 0 heterocycles. The highest BCUT2D eigenvalue weighted by atomic mass is 16.7. The molecule has 1 aromatic rings. The van der Waals surface area contributed by atoms with E-state index in [0.717, 1.165) is 0 Å². The molecule has 0 saturated heterocycles. The van der Waals surface area contributed by atoms with Gasteiger partial charge in [-0.1, -0.05) is 36.4 Å². The fraction of sp³-hybridized carbons (Fsp3) is 0.294. The Kier molecular flexibility index (Phi) is 7.48. The Morgan fingerprint density at radius 2 is 1.77 bits per heavy atom. The van der Waals surface area contributed by atoms with Gasteiger partial charge in [-0.05, 0) is 19.4 Å². The van der Waals surface area contributed by atoms with Gasteiger partial charge in [-0.3, -0.25) is 0 Å². The van der Waals surface area contributed by atoms with Crippen LogP contribution in [0.1, 0.15) is 31.9 Å². The van der Waals surface area contributed by atoms with Crippen molar-refractivity contribution in [2.75, 3.05) is 0 Å². The van der Waals surface area contributed by atoms with E-state index in [1.807, 2.05) is 5.48 Å².